The van der Waals surface area contributed by atoms with Gasteiger partial charge in [0, 0.05) is 45.2 Å². The molecule has 1 fully saturated rings. The average molecular weight is 374 g/mol. The van der Waals surface area contributed by atoms with E-state index in [9.17, 15) is 9.59 Å². The third-order valence-corrected chi connectivity index (χ3v) is 4.58. The Morgan fingerprint density at radius 2 is 2.04 bits per heavy atom. The first-order valence-corrected chi connectivity index (χ1v) is 9.66. The van der Waals surface area contributed by atoms with Gasteiger partial charge in [-0.2, -0.15) is 0 Å². The fourth-order valence-electron chi connectivity index (χ4n) is 3.38. The molecule has 1 unspecified atom stereocenters. The van der Waals surface area contributed by atoms with Crippen LogP contribution in [0.25, 0.3) is 0 Å². The van der Waals surface area contributed by atoms with E-state index in [1.165, 1.54) is 12.5 Å². The highest BCUT2D eigenvalue weighted by Gasteiger charge is 2.23. The summed E-state index contributed by atoms with van der Waals surface area (Å²) in [6.07, 6.45) is 3.36. The van der Waals surface area contributed by atoms with E-state index >= 15 is 0 Å². The molecule has 0 spiro atoms. The minimum absolute atomic E-state index is 0.0706. The minimum Gasteiger partial charge on any atom is -0.370 e. The molecule has 2 rings (SSSR count). The van der Waals surface area contributed by atoms with Crippen molar-refractivity contribution < 1.29 is 9.59 Å². The normalized spacial score (nSPS) is 17.5. The summed E-state index contributed by atoms with van der Waals surface area (Å²) in [4.78, 5) is 29.3. The number of nitrogens with two attached hydrogens (primary N) is 1. The number of guanidine groups is 1. The number of likely N-dealkylation sites (tertiary alicyclic amines) is 1. The molecule has 1 heterocycles. The van der Waals surface area contributed by atoms with Gasteiger partial charge in [-0.1, -0.05) is 12.1 Å². The molecule has 1 aliphatic rings. The third-order valence-electron chi connectivity index (χ3n) is 4.58. The fraction of sp³-hybridized carbons (Fsp3) is 0.550. The van der Waals surface area contributed by atoms with Crippen LogP contribution in [0.4, 0.5) is 5.69 Å². The molecular weight excluding hydrogens is 342 g/mol. The number of nitrogens with one attached hydrogen (secondary N) is 2. The molecule has 1 aliphatic heterocycles. The van der Waals surface area contributed by atoms with Crippen molar-refractivity contribution in [2.45, 2.75) is 39.5 Å². The summed E-state index contributed by atoms with van der Waals surface area (Å²) in [6.45, 7) is 6.81. The largest absolute Gasteiger partial charge is 0.370 e. The van der Waals surface area contributed by atoms with Gasteiger partial charge in [0.25, 0.3) is 0 Å². The number of nitrogens with zero attached hydrogens (tertiary/aromatic N) is 2. The van der Waals surface area contributed by atoms with Crippen LogP contribution < -0.4 is 16.4 Å². The lowest BCUT2D eigenvalue weighted by atomic mass is 9.95. The second kappa shape index (κ2) is 10.5. The highest BCUT2D eigenvalue weighted by atomic mass is 16.1. The summed E-state index contributed by atoms with van der Waals surface area (Å²) >= 11 is 0. The predicted molar refractivity (Wildman–Crippen MR) is 109 cm³/mol. The van der Waals surface area contributed by atoms with Crippen molar-refractivity contribution in [1.82, 2.24) is 10.2 Å². The van der Waals surface area contributed by atoms with Crippen LogP contribution in [-0.4, -0.2) is 48.9 Å². The van der Waals surface area contributed by atoms with Crippen LogP contribution in [-0.2, 0) is 16.0 Å². The Labute approximate surface area is 161 Å². The van der Waals surface area contributed by atoms with Crippen molar-refractivity contribution in [1.29, 1.82) is 0 Å². The first-order chi connectivity index (χ1) is 13.0. The Hall–Kier alpha value is -2.57. The van der Waals surface area contributed by atoms with E-state index in [0.29, 0.717) is 18.9 Å². The van der Waals surface area contributed by atoms with E-state index in [1.807, 2.05) is 24.3 Å². The molecule has 1 aromatic carbocycles. The Balaban J connectivity index is 1.92. The zero-order chi connectivity index (χ0) is 19.6. The smallest absolute Gasteiger partial charge is 0.221 e. The van der Waals surface area contributed by atoms with Crippen molar-refractivity contribution in [3.63, 3.8) is 0 Å². The maximum Gasteiger partial charge on any atom is 0.221 e. The lowest BCUT2D eigenvalue weighted by Gasteiger charge is -2.34. The number of anilines is 1. The first kappa shape index (κ1) is 20.7. The Bertz CT molecular complexity index is 657. The number of carbonyl (C=O) groups is 2. The molecule has 0 aromatic heterocycles. The quantitative estimate of drug-likeness (QED) is 0.501. The Kier molecular flexibility index (Phi) is 8.10. The van der Waals surface area contributed by atoms with Crippen molar-refractivity contribution in [2.75, 3.05) is 31.5 Å². The Morgan fingerprint density at radius 3 is 2.67 bits per heavy atom. The van der Waals surface area contributed by atoms with Gasteiger partial charge in [0.1, 0.15) is 0 Å². The minimum atomic E-state index is -0.230. The molecule has 2 amide bonds. The summed E-state index contributed by atoms with van der Waals surface area (Å²) in [5, 5.41) is 6.12. The molecule has 0 radical (unpaired) electrons. The van der Waals surface area contributed by atoms with Gasteiger partial charge in [0.05, 0.1) is 0 Å². The van der Waals surface area contributed by atoms with Gasteiger partial charge >= 0.3 is 0 Å². The molecule has 4 N–H and O–H groups in total. The predicted octanol–water partition coefficient (Wildman–Crippen LogP) is 1.74. The summed E-state index contributed by atoms with van der Waals surface area (Å²) in [7, 11) is 0. The van der Waals surface area contributed by atoms with Gasteiger partial charge in [-0.05, 0) is 49.8 Å². The molecule has 1 atom stereocenters. The molecule has 1 saturated heterocycles. The molecule has 148 valence electrons. The van der Waals surface area contributed by atoms with Crippen molar-refractivity contribution in [2.24, 2.45) is 16.6 Å². The van der Waals surface area contributed by atoms with Crippen LogP contribution in [0.5, 0.6) is 0 Å². The molecular formula is C20H31N5O2. The number of hydrogen-bond donors (Lipinski definition) is 3. The van der Waals surface area contributed by atoms with Gasteiger partial charge in [-0.3, -0.25) is 14.6 Å². The van der Waals surface area contributed by atoms with Crippen molar-refractivity contribution >= 4 is 23.5 Å². The molecule has 1 aromatic rings. The standard InChI is InChI=1S/C20H31N5O2/c1-3-22-20(25-12-4-5-17(14-25)13-19(21)27)23-11-10-16-6-8-18(9-7-16)24-15(2)26/h6-9,17H,3-5,10-14H2,1-2H3,(H2,21,27)(H,22,23)(H,24,26). The number of piperidine rings is 1. The third kappa shape index (κ3) is 7.29. The second-order valence-electron chi connectivity index (χ2n) is 6.99. The maximum atomic E-state index is 11.2. The number of amides is 2. The number of aliphatic imine (C=N–C) groups is 1. The molecule has 0 saturated carbocycles. The van der Waals surface area contributed by atoms with Crippen LogP contribution in [0, 0.1) is 5.92 Å². The highest BCUT2D eigenvalue weighted by Crippen LogP contribution is 2.19. The number of rotatable bonds is 7. The van der Waals surface area contributed by atoms with E-state index < -0.39 is 0 Å². The van der Waals surface area contributed by atoms with Crippen LogP contribution in [0.2, 0.25) is 0 Å². The van der Waals surface area contributed by atoms with Crippen LogP contribution in [0.1, 0.15) is 38.7 Å². The fourth-order valence-corrected chi connectivity index (χ4v) is 3.38. The van der Waals surface area contributed by atoms with Gasteiger partial charge in [0.2, 0.25) is 11.8 Å². The maximum absolute atomic E-state index is 11.2. The van der Waals surface area contributed by atoms with E-state index in [-0.39, 0.29) is 11.8 Å². The summed E-state index contributed by atoms with van der Waals surface area (Å²) < 4.78 is 0. The van der Waals surface area contributed by atoms with Crippen LogP contribution in [0.15, 0.2) is 29.3 Å². The zero-order valence-corrected chi connectivity index (χ0v) is 16.3. The number of carbonyl (C=O) groups excluding carboxylic acids is 2. The zero-order valence-electron chi connectivity index (χ0n) is 16.3. The van der Waals surface area contributed by atoms with Gasteiger partial charge in [0.15, 0.2) is 5.96 Å². The van der Waals surface area contributed by atoms with E-state index in [1.54, 1.807) is 0 Å². The Morgan fingerprint density at radius 1 is 1.30 bits per heavy atom. The molecule has 7 heteroatoms. The van der Waals surface area contributed by atoms with Crippen LogP contribution in [0.3, 0.4) is 0 Å². The summed E-state index contributed by atoms with van der Waals surface area (Å²) in [5.41, 5.74) is 7.34. The van der Waals surface area contributed by atoms with Crippen molar-refractivity contribution in [3.05, 3.63) is 29.8 Å². The van der Waals surface area contributed by atoms with Gasteiger partial charge < -0.3 is 21.3 Å². The first-order valence-electron chi connectivity index (χ1n) is 9.66. The average Bonchev–Trinajstić information content (AvgIpc) is 2.61. The second-order valence-corrected chi connectivity index (χ2v) is 6.99. The van der Waals surface area contributed by atoms with Crippen LogP contribution >= 0.6 is 0 Å². The van der Waals surface area contributed by atoms with Gasteiger partial charge in [-0.25, -0.2) is 0 Å². The number of hydrogen-bond acceptors (Lipinski definition) is 3. The molecule has 7 nitrogen and oxygen atoms in total. The molecule has 27 heavy (non-hydrogen) atoms. The van der Waals surface area contributed by atoms with E-state index in [0.717, 1.165) is 50.5 Å². The summed E-state index contributed by atoms with van der Waals surface area (Å²) in [6, 6.07) is 7.84. The lowest BCUT2D eigenvalue weighted by Crippen LogP contribution is -2.47. The SMILES string of the molecule is CCNC(=NCCc1ccc(NC(C)=O)cc1)N1CCCC(CC(N)=O)C1. The molecule has 0 bridgehead atoms. The number of primary amides is 1. The monoisotopic (exact) mass is 373 g/mol. The van der Waals surface area contributed by atoms with E-state index in [4.69, 9.17) is 10.7 Å². The highest BCUT2D eigenvalue weighted by molar-refractivity contribution is 5.88. The summed E-state index contributed by atoms with van der Waals surface area (Å²) in [5.74, 6) is 0.910. The number of benzene rings is 1. The lowest BCUT2D eigenvalue weighted by molar-refractivity contribution is -0.119. The van der Waals surface area contributed by atoms with Gasteiger partial charge in [-0.15, -0.1) is 0 Å². The van der Waals surface area contributed by atoms with E-state index in [2.05, 4.69) is 22.5 Å². The topological polar surface area (TPSA) is 99.8 Å². The van der Waals surface area contributed by atoms with Crippen molar-refractivity contribution in [3.8, 4) is 0 Å². The molecule has 0 aliphatic carbocycles.